The monoisotopic (exact) mass is 354 g/mol. The number of phenols is 1. The molecule has 1 atom stereocenters. The molecule has 0 radical (unpaired) electrons. The lowest BCUT2D eigenvalue weighted by Crippen LogP contribution is -2.44. The highest BCUT2D eigenvalue weighted by Gasteiger charge is 2.26. The van der Waals surface area contributed by atoms with Gasteiger partial charge in [0.05, 0.1) is 5.75 Å². The summed E-state index contributed by atoms with van der Waals surface area (Å²) in [6, 6.07) is 7.37. The second kappa shape index (κ2) is 8.48. The number of carbonyl (C=O) groups excluding carboxylic acids is 1. The van der Waals surface area contributed by atoms with Gasteiger partial charge in [-0.25, -0.2) is 13.6 Å². The number of aromatic hydroxyl groups is 1. The highest BCUT2D eigenvalue weighted by Crippen LogP contribution is 2.23. The third-order valence-electron chi connectivity index (χ3n) is 4.44. The summed E-state index contributed by atoms with van der Waals surface area (Å²) < 4.78 is 21.9. The number of amides is 1. The number of piperidine rings is 1. The molecule has 1 amide bonds. The molecule has 1 aliphatic rings. The lowest BCUT2D eigenvalue weighted by molar-refractivity contribution is -0.135. The van der Waals surface area contributed by atoms with Gasteiger partial charge in [0.2, 0.25) is 15.9 Å². The molecule has 2 rings (SSSR count). The van der Waals surface area contributed by atoms with Gasteiger partial charge in [-0.05, 0) is 56.2 Å². The summed E-state index contributed by atoms with van der Waals surface area (Å²) >= 11 is 0. The number of carbonyl (C=O) groups is 1. The van der Waals surface area contributed by atoms with Crippen molar-refractivity contribution in [3.63, 3.8) is 0 Å². The van der Waals surface area contributed by atoms with Crippen LogP contribution in [0.5, 0.6) is 5.75 Å². The Labute approximate surface area is 143 Å². The van der Waals surface area contributed by atoms with Crippen LogP contribution < -0.4 is 5.14 Å². The second-order valence-corrected chi connectivity index (χ2v) is 8.15. The van der Waals surface area contributed by atoms with Crippen molar-refractivity contribution >= 4 is 15.9 Å². The number of primary sulfonamides is 1. The van der Waals surface area contributed by atoms with Gasteiger partial charge in [-0.15, -0.1) is 0 Å². The fourth-order valence-electron chi connectivity index (χ4n) is 3.24. The molecule has 1 heterocycles. The summed E-state index contributed by atoms with van der Waals surface area (Å²) in [5, 5.41) is 14.5. The van der Waals surface area contributed by atoms with Crippen LogP contribution in [0.15, 0.2) is 24.3 Å². The van der Waals surface area contributed by atoms with E-state index in [0.717, 1.165) is 44.2 Å². The third kappa shape index (κ3) is 6.13. The van der Waals surface area contributed by atoms with Crippen molar-refractivity contribution < 1.29 is 18.3 Å². The first-order valence-corrected chi connectivity index (χ1v) is 10.1. The molecular weight excluding hydrogens is 328 g/mol. The molecule has 6 nitrogen and oxygen atoms in total. The van der Waals surface area contributed by atoms with Crippen molar-refractivity contribution in [2.75, 3.05) is 12.3 Å². The van der Waals surface area contributed by atoms with Crippen molar-refractivity contribution in [2.24, 2.45) is 5.14 Å². The zero-order valence-electron chi connectivity index (χ0n) is 13.9. The van der Waals surface area contributed by atoms with Gasteiger partial charge in [-0.1, -0.05) is 12.1 Å². The Morgan fingerprint density at radius 3 is 2.83 bits per heavy atom. The number of hydrogen-bond donors (Lipinski definition) is 2. The minimum absolute atomic E-state index is 0.0132. The van der Waals surface area contributed by atoms with Crippen molar-refractivity contribution in [2.45, 2.75) is 51.0 Å². The van der Waals surface area contributed by atoms with Crippen LogP contribution in [0.1, 0.15) is 44.1 Å². The minimum Gasteiger partial charge on any atom is -0.508 e. The summed E-state index contributed by atoms with van der Waals surface area (Å²) in [6.45, 7) is 0.735. The standard InChI is InChI=1S/C17H26N2O4S/c18-24(22,23)12-4-8-17(21)19-11-2-1-6-15(19)10-9-14-5-3-7-16(20)13-14/h3,5,7,13,15,20H,1-2,4,6,8-12H2,(H2,18,22,23)/t15-/m0/s1. The second-order valence-electron chi connectivity index (χ2n) is 6.42. The van der Waals surface area contributed by atoms with Gasteiger partial charge in [-0.3, -0.25) is 4.79 Å². The largest absolute Gasteiger partial charge is 0.508 e. The lowest BCUT2D eigenvalue weighted by atomic mass is 9.95. The van der Waals surface area contributed by atoms with E-state index in [0.29, 0.717) is 0 Å². The van der Waals surface area contributed by atoms with Crippen LogP contribution in [0.2, 0.25) is 0 Å². The third-order valence-corrected chi connectivity index (χ3v) is 5.30. The van der Waals surface area contributed by atoms with E-state index in [9.17, 15) is 18.3 Å². The minimum atomic E-state index is -3.51. The van der Waals surface area contributed by atoms with Crippen LogP contribution in [-0.2, 0) is 21.2 Å². The fourth-order valence-corrected chi connectivity index (χ4v) is 3.79. The van der Waals surface area contributed by atoms with Gasteiger partial charge in [0.25, 0.3) is 0 Å². The highest BCUT2D eigenvalue weighted by atomic mass is 32.2. The van der Waals surface area contributed by atoms with E-state index in [4.69, 9.17) is 5.14 Å². The van der Waals surface area contributed by atoms with E-state index in [1.54, 1.807) is 12.1 Å². The molecule has 24 heavy (non-hydrogen) atoms. The average Bonchev–Trinajstić information content (AvgIpc) is 2.52. The van der Waals surface area contributed by atoms with E-state index in [2.05, 4.69) is 0 Å². The Kier molecular flexibility index (Phi) is 6.62. The fraction of sp³-hybridized carbons (Fsp3) is 0.588. The Morgan fingerprint density at radius 2 is 2.12 bits per heavy atom. The number of sulfonamides is 1. The Balaban J connectivity index is 1.88. The van der Waals surface area contributed by atoms with Crippen LogP contribution in [0, 0.1) is 0 Å². The normalized spacial score (nSPS) is 18.5. The number of benzene rings is 1. The van der Waals surface area contributed by atoms with Crippen molar-refractivity contribution in [1.29, 1.82) is 0 Å². The van der Waals surface area contributed by atoms with E-state index in [-0.39, 0.29) is 36.3 Å². The summed E-state index contributed by atoms with van der Waals surface area (Å²) in [5.74, 6) is 0.118. The van der Waals surface area contributed by atoms with Crippen LogP contribution in [0.25, 0.3) is 0 Å². The maximum Gasteiger partial charge on any atom is 0.222 e. The molecular formula is C17H26N2O4S. The maximum absolute atomic E-state index is 12.4. The molecule has 0 aromatic heterocycles. The van der Waals surface area contributed by atoms with Gasteiger partial charge < -0.3 is 10.0 Å². The van der Waals surface area contributed by atoms with Gasteiger partial charge in [0.15, 0.2) is 0 Å². The van der Waals surface area contributed by atoms with Crippen molar-refractivity contribution in [3.8, 4) is 5.75 Å². The summed E-state index contributed by atoms with van der Waals surface area (Å²) in [5.41, 5.74) is 1.06. The molecule has 134 valence electrons. The number of nitrogens with zero attached hydrogens (tertiary/aromatic N) is 1. The van der Waals surface area contributed by atoms with Gasteiger partial charge in [0.1, 0.15) is 5.75 Å². The number of phenolic OH excluding ortho intramolecular Hbond substituents is 1. The van der Waals surface area contributed by atoms with Crippen LogP contribution >= 0.6 is 0 Å². The molecule has 1 aromatic rings. The predicted octanol–water partition coefficient (Wildman–Crippen LogP) is 1.77. The zero-order chi connectivity index (χ0) is 17.6. The molecule has 1 aliphatic heterocycles. The van der Waals surface area contributed by atoms with Gasteiger partial charge in [0, 0.05) is 19.0 Å². The van der Waals surface area contributed by atoms with Gasteiger partial charge >= 0.3 is 0 Å². The Bertz CT molecular complexity index is 660. The average molecular weight is 354 g/mol. The molecule has 0 saturated carbocycles. The van der Waals surface area contributed by atoms with Crippen LogP contribution in [0.3, 0.4) is 0 Å². The number of aryl methyl sites for hydroxylation is 1. The Morgan fingerprint density at radius 1 is 1.33 bits per heavy atom. The van der Waals surface area contributed by atoms with Crippen molar-refractivity contribution in [3.05, 3.63) is 29.8 Å². The number of rotatable bonds is 7. The SMILES string of the molecule is NS(=O)(=O)CCCC(=O)N1CCCC[C@H]1CCc1cccc(O)c1. The topological polar surface area (TPSA) is 101 Å². The summed E-state index contributed by atoms with van der Waals surface area (Å²) in [6.07, 6.45) is 5.21. The predicted molar refractivity (Wildman–Crippen MR) is 93.0 cm³/mol. The number of nitrogens with two attached hydrogens (primary N) is 1. The van der Waals surface area contributed by atoms with Gasteiger partial charge in [-0.2, -0.15) is 0 Å². The van der Waals surface area contributed by atoms with Crippen LogP contribution in [0.4, 0.5) is 0 Å². The van der Waals surface area contributed by atoms with E-state index in [1.165, 1.54) is 0 Å². The maximum atomic E-state index is 12.4. The summed E-state index contributed by atoms with van der Waals surface area (Å²) in [4.78, 5) is 14.3. The van der Waals surface area contributed by atoms with Crippen LogP contribution in [-0.4, -0.2) is 42.7 Å². The number of hydrogen-bond acceptors (Lipinski definition) is 4. The molecule has 1 saturated heterocycles. The van der Waals surface area contributed by atoms with E-state index < -0.39 is 10.0 Å². The van der Waals surface area contributed by atoms with Crippen molar-refractivity contribution in [1.82, 2.24) is 4.90 Å². The molecule has 1 aromatic carbocycles. The smallest absolute Gasteiger partial charge is 0.222 e. The molecule has 0 unspecified atom stereocenters. The molecule has 0 aliphatic carbocycles. The Hall–Kier alpha value is -1.60. The molecule has 3 N–H and O–H groups in total. The molecule has 1 fully saturated rings. The van der Waals surface area contributed by atoms with E-state index >= 15 is 0 Å². The molecule has 7 heteroatoms. The lowest BCUT2D eigenvalue weighted by Gasteiger charge is -2.36. The highest BCUT2D eigenvalue weighted by molar-refractivity contribution is 7.89. The first-order chi connectivity index (χ1) is 11.3. The first kappa shape index (κ1) is 18.7. The molecule has 0 spiro atoms. The first-order valence-electron chi connectivity index (χ1n) is 8.43. The molecule has 0 bridgehead atoms. The number of likely N-dealkylation sites (tertiary alicyclic amines) is 1. The zero-order valence-corrected chi connectivity index (χ0v) is 14.7. The van der Waals surface area contributed by atoms with E-state index in [1.807, 2.05) is 17.0 Å². The quantitative estimate of drug-likeness (QED) is 0.779. The summed E-state index contributed by atoms with van der Waals surface area (Å²) in [7, 11) is -3.51.